The van der Waals surface area contributed by atoms with E-state index >= 15 is 0 Å². The minimum Gasteiger partial charge on any atom is -0.211 e. The molecule has 2 rings (SSSR count). The van der Waals surface area contributed by atoms with Crippen LogP contribution in [0, 0.1) is 17.3 Å². The molecule has 18 heavy (non-hydrogen) atoms. The number of hydrogen-bond acceptors (Lipinski definition) is 4. The smallest absolute Gasteiger partial charge is 0.211 e. The molecule has 0 aromatic carbocycles. The van der Waals surface area contributed by atoms with Gasteiger partial charge < -0.3 is 0 Å². The second-order valence-corrected chi connectivity index (χ2v) is 5.74. The van der Waals surface area contributed by atoms with E-state index in [-0.39, 0.29) is 0 Å². The molecule has 0 amide bonds. The van der Waals surface area contributed by atoms with Gasteiger partial charge in [0.2, 0.25) is 12.2 Å². The molecule has 3 unspecified atom stereocenters. The molecule has 3 atom stereocenters. The van der Waals surface area contributed by atoms with Gasteiger partial charge in [0.15, 0.2) is 0 Å². The molecule has 4 nitrogen and oxygen atoms in total. The summed E-state index contributed by atoms with van der Waals surface area (Å²) < 4.78 is 0. The van der Waals surface area contributed by atoms with Crippen LogP contribution in [0.1, 0.15) is 44.9 Å². The van der Waals surface area contributed by atoms with Crippen molar-refractivity contribution in [2.75, 3.05) is 13.1 Å². The third-order valence-electron chi connectivity index (χ3n) is 4.89. The predicted octanol–water partition coefficient (Wildman–Crippen LogP) is 2.63. The number of carbonyl (C=O) groups excluding carboxylic acids is 2. The van der Waals surface area contributed by atoms with Crippen LogP contribution in [-0.4, -0.2) is 25.2 Å². The first-order valence-corrected chi connectivity index (χ1v) is 6.88. The quantitative estimate of drug-likeness (QED) is 0.395. The largest absolute Gasteiger partial charge is 0.234 e. The van der Waals surface area contributed by atoms with E-state index in [9.17, 15) is 9.59 Å². The number of hydrogen-bond donors (Lipinski definition) is 0. The molecule has 2 bridgehead atoms. The van der Waals surface area contributed by atoms with E-state index < -0.39 is 0 Å². The van der Waals surface area contributed by atoms with E-state index in [1.54, 1.807) is 12.2 Å². The van der Waals surface area contributed by atoms with Crippen molar-refractivity contribution in [1.29, 1.82) is 0 Å². The van der Waals surface area contributed by atoms with E-state index in [2.05, 4.69) is 9.98 Å². The standard InChI is InChI=1S/C14H20N2O2/c17-10-15-6-1-4-14-5-2-12(9-14)8-13(14)3-7-16-11-18/h12-13H,1-9H2. The molecule has 0 aromatic rings. The zero-order valence-electron chi connectivity index (χ0n) is 10.7. The van der Waals surface area contributed by atoms with Crippen LogP contribution >= 0.6 is 0 Å². The zero-order chi connectivity index (χ0) is 12.8. The summed E-state index contributed by atoms with van der Waals surface area (Å²) in [5.41, 5.74) is 0.446. The topological polar surface area (TPSA) is 58.9 Å². The molecule has 2 aliphatic rings. The summed E-state index contributed by atoms with van der Waals surface area (Å²) in [5, 5.41) is 0. The maximum atomic E-state index is 10.1. The van der Waals surface area contributed by atoms with Crippen LogP contribution in [0.3, 0.4) is 0 Å². The molecule has 0 N–H and O–H groups in total. The third kappa shape index (κ3) is 2.77. The SMILES string of the molecule is O=C=NCCCC12CCC(CC1CCN=C=O)C2. The van der Waals surface area contributed by atoms with Gasteiger partial charge in [-0.25, -0.2) is 19.6 Å². The normalized spacial score (nSPS) is 32.9. The third-order valence-corrected chi connectivity index (χ3v) is 4.89. The fraction of sp³-hybridized carbons (Fsp3) is 0.857. The Morgan fingerprint density at radius 1 is 1.17 bits per heavy atom. The van der Waals surface area contributed by atoms with Crippen molar-refractivity contribution in [3.63, 3.8) is 0 Å². The highest BCUT2D eigenvalue weighted by Crippen LogP contribution is 2.60. The van der Waals surface area contributed by atoms with Crippen LogP contribution in [0.5, 0.6) is 0 Å². The average Bonchev–Trinajstić information content (AvgIpc) is 2.93. The number of isocyanates is 2. The van der Waals surface area contributed by atoms with Gasteiger partial charge in [-0.05, 0) is 62.2 Å². The summed E-state index contributed by atoms with van der Waals surface area (Å²) in [5.74, 6) is 1.58. The molecule has 2 saturated carbocycles. The van der Waals surface area contributed by atoms with Crippen molar-refractivity contribution in [3.05, 3.63) is 0 Å². The summed E-state index contributed by atoms with van der Waals surface area (Å²) in [6.45, 7) is 1.23. The van der Waals surface area contributed by atoms with Crippen molar-refractivity contribution in [2.45, 2.75) is 44.9 Å². The fourth-order valence-corrected chi connectivity index (χ4v) is 4.17. The van der Waals surface area contributed by atoms with Crippen LogP contribution in [-0.2, 0) is 9.59 Å². The Kier molecular flexibility index (Phi) is 4.46. The Morgan fingerprint density at radius 2 is 1.94 bits per heavy atom. The van der Waals surface area contributed by atoms with Gasteiger partial charge in [0.25, 0.3) is 0 Å². The lowest BCUT2D eigenvalue weighted by Crippen LogP contribution is -2.26. The molecule has 0 saturated heterocycles. The van der Waals surface area contributed by atoms with Crippen molar-refractivity contribution in [1.82, 2.24) is 0 Å². The first kappa shape index (κ1) is 13.2. The van der Waals surface area contributed by atoms with E-state index in [0.29, 0.717) is 24.4 Å². The second kappa shape index (κ2) is 6.08. The van der Waals surface area contributed by atoms with Crippen LogP contribution < -0.4 is 0 Å². The van der Waals surface area contributed by atoms with E-state index in [1.165, 1.54) is 25.7 Å². The van der Waals surface area contributed by atoms with Crippen molar-refractivity contribution in [2.24, 2.45) is 27.2 Å². The van der Waals surface area contributed by atoms with Crippen LogP contribution in [0.25, 0.3) is 0 Å². The first-order chi connectivity index (χ1) is 8.80. The minimum absolute atomic E-state index is 0.446. The second-order valence-electron chi connectivity index (χ2n) is 5.74. The maximum absolute atomic E-state index is 10.1. The number of aliphatic imine (C=N–C) groups is 2. The van der Waals surface area contributed by atoms with E-state index in [1.807, 2.05) is 0 Å². The van der Waals surface area contributed by atoms with Gasteiger partial charge >= 0.3 is 0 Å². The summed E-state index contributed by atoms with van der Waals surface area (Å²) >= 11 is 0. The Hall–Kier alpha value is -1.24. The maximum Gasteiger partial charge on any atom is 0.234 e. The van der Waals surface area contributed by atoms with Gasteiger partial charge in [-0.15, -0.1) is 0 Å². The molecular formula is C14H20N2O2. The van der Waals surface area contributed by atoms with Crippen LogP contribution in [0.4, 0.5) is 0 Å². The summed E-state index contributed by atoms with van der Waals surface area (Å²) in [4.78, 5) is 27.5. The lowest BCUT2D eigenvalue weighted by molar-refractivity contribution is 0.158. The summed E-state index contributed by atoms with van der Waals surface area (Å²) in [7, 11) is 0. The van der Waals surface area contributed by atoms with E-state index in [0.717, 1.165) is 25.2 Å². The zero-order valence-corrected chi connectivity index (χ0v) is 10.7. The Balaban J connectivity index is 1.89. The molecule has 98 valence electrons. The lowest BCUT2D eigenvalue weighted by atomic mass is 9.70. The molecule has 0 heterocycles. The van der Waals surface area contributed by atoms with E-state index in [4.69, 9.17) is 0 Å². The van der Waals surface area contributed by atoms with Crippen LogP contribution in [0.2, 0.25) is 0 Å². The average molecular weight is 248 g/mol. The number of nitrogens with zero attached hydrogens (tertiary/aromatic N) is 2. The Labute approximate surface area is 108 Å². The van der Waals surface area contributed by atoms with Gasteiger partial charge in [-0.3, -0.25) is 0 Å². The molecular weight excluding hydrogens is 228 g/mol. The highest BCUT2D eigenvalue weighted by Gasteiger charge is 2.50. The molecule has 0 spiro atoms. The Morgan fingerprint density at radius 3 is 2.67 bits per heavy atom. The highest BCUT2D eigenvalue weighted by atomic mass is 16.1. The molecule has 0 radical (unpaired) electrons. The van der Waals surface area contributed by atoms with Gasteiger partial charge in [0.1, 0.15) is 0 Å². The fourth-order valence-electron chi connectivity index (χ4n) is 4.17. The summed E-state index contributed by atoms with van der Waals surface area (Å²) in [6, 6.07) is 0. The molecule has 0 aliphatic heterocycles. The van der Waals surface area contributed by atoms with Crippen LogP contribution in [0.15, 0.2) is 9.98 Å². The van der Waals surface area contributed by atoms with Crippen molar-refractivity contribution >= 4 is 12.2 Å². The minimum atomic E-state index is 0.446. The molecule has 2 fully saturated rings. The van der Waals surface area contributed by atoms with Crippen molar-refractivity contribution in [3.8, 4) is 0 Å². The van der Waals surface area contributed by atoms with Gasteiger partial charge in [-0.1, -0.05) is 0 Å². The number of rotatable bonds is 7. The highest BCUT2D eigenvalue weighted by molar-refractivity contribution is 5.33. The lowest BCUT2D eigenvalue weighted by Gasteiger charge is -2.35. The number of fused-ring (bicyclic) bond motifs is 2. The Bertz CT molecular complexity index is 383. The molecule has 0 aromatic heterocycles. The van der Waals surface area contributed by atoms with Gasteiger partial charge in [0.05, 0.1) is 13.1 Å². The first-order valence-electron chi connectivity index (χ1n) is 6.88. The van der Waals surface area contributed by atoms with Gasteiger partial charge in [-0.2, -0.15) is 0 Å². The predicted molar refractivity (Wildman–Crippen MR) is 67.7 cm³/mol. The molecule has 2 aliphatic carbocycles. The van der Waals surface area contributed by atoms with Crippen molar-refractivity contribution < 1.29 is 9.59 Å². The molecule has 4 heteroatoms. The monoisotopic (exact) mass is 248 g/mol. The summed E-state index contributed by atoms with van der Waals surface area (Å²) in [6.07, 6.45) is 11.7. The van der Waals surface area contributed by atoms with Gasteiger partial charge in [0, 0.05) is 0 Å².